The third kappa shape index (κ3) is 1.84. The van der Waals surface area contributed by atoms with Crippen LogP contribution in [0.4, 0.5) is 5.69 Å². The van der Waals surface area contributed by atoms with Crippen LogP contribution in [0.2, 0.25) is 0 Å². The van der Waals surface area contributed by atoms with Gasteiger partial charge in [0, 0.05) is 19.4 Å². The second kappa shape index (κ2) is 3.99. The highest BCUT2D eigenvalue weighted by Crippen LogP contribution is 2.09. The van der Waals surface area contributed by atoms with Gasteiger partial charge in [0.15, 0.2) is 5.69 Å². The van der Waals surface area contributed by atoms with Crippen molar-refractivity contribution < 1.29 is 4.79 Å². The standard InChI is InChI=1S/C12H11N5O/c1-16-8-9(7-13-16)14-12(18)11-6-10-4-2-3-5-17(10)15-11/h2-8H,1H3,(H,14,18). The quantitative estimate of drug-likeness (QED) is 0.736. The van der Waals surface area contributed by atoms with Gasteiger partial charge in [-0.1, -0.05) is 6.07 Å². The minimum absolute atomic E-state index is 0.244. The maximum atomic E-state index is 12.0. The van der Waals surface area contributed by atoms with Crippen LogP contribution < -0.4 is 5.32 Å². The first-order chi connectivity index (χ1) is 8.72. The molecule has 3 heterocycles. The van der Waals surface area contributed by atoms with Gasteiger partial charge >= 0.3 is 0 Å². The Morgan fingerprint density at radius 1 is 1.39 bits per heavy atom. The summed E-state index contributed by atoms with van der Waals surface area (Å²) < 4.78 is 3.29. The predicted octanol–water partition coefficient (Wildman–Crippen LogP) is 1.32. The topological polar surface area (TPSA) is 64.2 Å². The molecule has 3 rings (SSSR count). The van der Waals surface area contributed by atoms with Crippen molar-refractivity contribution in [1.82, 2.24) is 19.4 Å². The van der Waals surface area contributed by atoms with E-state index in [1.54, 1.807) is 40.9 Å². The first kappa shape index (κ1) is 10.5. The van der Waals surface area contributed by atoms with Crippen molar-refractivity contribution in [3.05, 3.63) is 48.5 Å². The van der Waals surface area contributed by atoms with Crippen molar-refractivity contribution in [2.45, 2.75) is 0 Å². The predicted molar refractivity (Wildman–Crippen MR) is 66.4 cm³/mol. The Morgan fingerprint density at radius 3 is 3.00 bits per heavy atom. The molecule has 6 heteroatoms. The molecule has 0 radical (unpaired) electrons. The lowest BCUT2D eigenvalue weighted by Crippen LogP contribution is -2.12. The highest BCUT2D eigenvalue weighted by molar-refractivity contribution is 6.03. The maximum absolute atomic E-state index is 12.0. The Bertz CT molecular complexity index is 679. The van der Waals surface area contributed by atoms with E-state index in [1.807, 2.05) is 18.2 Å². The fourth-order valence-electron chi connectivity index (χ4n) is 1.73. The smallest absolute Gasteiger partial charge is 0.276 e. The molecule has 3 aromatic rings. The molecule has 90 valence electrons. The molecular weight excluding hydrogens is 230 g/mol. The molecule has 0 aliphatic heterocycles. The SMILES string of the molecule is Cn1cc(NC(=O)c2cc3ccccn3n2)cn1. The van der Waals surface area contributed by atoms with Crippen molar-refractivity contribution in [1.29, 1.82) is 0 Å². The van der Waals surface area contributed by atoms with Crippen LogP contribution in [-0.2, 0) is 7.05 Å². The number of hydrogen-bond donors (Lipinski definition) is 1. The minimum Gasteiger partial charge on any atom is -0.318 e. The van der Waals surface area contributed by atoms with Gasteiger partial charge in [-0.3, -0.25) is 9.48 Å². The molecule has 0 bridgehead atoms. The fourth-order valence-corrected chi connectivity index (χ4v) is 1.73. The van der Waals surface area contributed by atoms with Crippen molar-refractivity contribution in [3.8, 4) is 0 Å². The van der Waals surface area contributed by atoms with Crippen LogP contribution >= 0.6 is 0 Å². The van der Waals surface area contributed by atoms with Crippen LogP contribution in [0.5, 0.6) is 0 Å². The van der Waals surface area contributed by atoms with Gasteiger partial charge in [0.25, 0.3) is 5.91 Å². The van der Waals surface area contributed by atoms with Gasteiger partial charge in [0.05, 0.1) is 17.4 Å². The Balaban J connectivity index is 1.87. The van der Waals surface area contributed by atoms with Crippen molar-refractivity contribution in [2.75, 3.05) is 5.32 Å². The summed E-state index contributed by atoms with van der Waals surface area (Å²) in [6.45, 7) is 0. The van der Waals surface area contributed by atoms with E-state index in [9.17, 15) is 4.79 Å². The lowest BCUT2D eigenvalue weighted by atomic mass is 10.3. The van der Waals surface area contributed by atoms with E-state index in [0.717, 1.165) is 5.52 Å². The van der Waals surface area contributed by atoms with E-state index in [2.05, 4.69) is 15.5 Å². The van der Waals surface area contributed by atoms with Crippen molar-refractivity contribution in [2.24, 2.45) is 7.05 Å². The molecule has 18 heavy (non-hydrogen) atoms. The highest BCUT2D eigenvalue weighted by atomic mass is 16.1. The number of carbonyl (C=O) groups excluding carboxylic acids is 1. The van der Waals surface area contributed by atoms with Gasteiger partial charge in [-0.15, -0.1) is 0 Å². The second-order valence-electron chi connectivity index (χ2n) is 3.96. The summed E-state index contributed by atoms with van der Waals surface area (Å²) in [7, 11) is 1.79. The average molecular weight is 241 g/mol. The number of pyridine rings is 1. The van der Waals surface area contributed by atoms with E-state index >= 15 is 0 Å². The number of hydrogen-bond acceptors (Lipinski definition) is 3. The number of nitrogens with zero attached hydrogens (tertiary/aromatic N) is 4. The lowest BCUT2D eigenvalue weighted by molar-refractivity contribution is 0.102. The van der Waals surface area contributed by atoms with Crippen LogP contribution in [-0.4, -0.2) is 25.3 Å². The van der Waals surface area contributed by atoms with E-state index in [-0.39, 0.29) is 5.91 Å². The molecule has 0 unspecified atom stereocenters. The number of anilines is 1. The first-order valence-electron chi connectivity index (χ1n) is 5.47. The van der Waals surface area contributed by atoms with Crippen molar-refractivity contribution in [3.63, 3.8) is 0 Å². The summed E-state index contributed by atoms with van der Waals surface area (Å²) in [4.78, 5) is 12.0. The van der Waals surface area contributed by atoms with E-state index in [1.165, 1.54) is 0 Å². The molecular formula is C12H11N5O. The van der Waals surface area contributed by atoms with Gasteiger partial charge < -0.3 is 5.32 Å². The molecule has 0 aliphatic carbocycles. The third-order valence-corrected chi connectivity index (χ3v) is 2.57. The highest BCUT2D eigenvalue weighted by Gasteiger charge is 2.11. The third-order valence-electron chi connectivity index (χ3n) is 2.57. The maximum Gasteiger partial charge on any atom is 0.276 e. The van der Waals surface area contributed by atoms with Crippen LogP contribution in [0.3, 0.4) is 0 Å². The number of aromatic nitrogens is 4. The average Bonchev–Trinajstić information content (AvgIpc) is 2.95. The zero-order chi connectivity index (χ0) is 12.5. The Hall–Kier alpha value is -2.63. The fraction of sp³-hybridized carbons (Fsp3) is 0.0833. The van der Waals surface area contributed by atoms with E-state index < -0.39 is 0 Å². The van der Waals surface area contributed by atoms with Crippen LogP contribution in [0.25, 0.3) is 5.52 Å². The molecule has 0 spiro atoms. The monoisotopic (exact) mass is 241 g/mol. The van der Waals surface area contributed by atoms with Crippen molar-refractivity contribution >= 4 is 17.1 Å². The van der Waals surface area contributed by atoms with Gasteiger partial charge in [0.1, 0.15) is 0 Å². The lowest BCUT2D eigenvalue weighted by Gasteiger charge is -1.97. The molecule has 6 nitrogen and oxygen atoms in total. The van der Waals surface area contributed by atoms with Crippen LogP contribution in [0.15, 0.2) is 42.9 Å². The van der Waals surface area contributed by atoms with E-state index in [4.69, 9.17) is 0 Å². The zero-order valence-corrected chi connectivity index (χ0v) is 9.74. The summed E-state index contributed by atoms with van der Waals surface area (Å²) in [6.07, 6.45) is 5.12. The zero-order valence-electron chi connectivity index (χ0n) is 9.74. The second-order valence-corrected chi connectivity index (χ2v) is 3.96. The summed E-state index contributed by atoms with van der Waals surface area (Å²) >= 11 is 0. The minimum atomic E-state index is -0.244. The molecule has 0 aliphatic rings. The molecule has 1 N–H and O–H groups in total. The number of fused-ring (bicyclic) bond motifs is 1. The normalized spacial score (nSPS) is 10.7. The number of carbonyl (C=O) groups is 1. The van der Waals surface area contributed by atoms with Crippen LogP contribution in [0.1, 0.15) is 10.5 Å². The Morgan fingerprint density at radius 2 is 2.28 bits per heavy atom. The Labute approximate surface area is 103 Å². The van der Waals surface area contributed by atoms with Gasteiger partial charge in [-0.05, 0) is 18.2 Å². The summed E-state index contributed by atoms with van der Waals surface area (Å²) in [6, 6.07) is 7.40. The Kier molecular flexibility index (Phi) is 2.33. The number of amides is 1. The molecule has 0 atom stereocenters. The van der Waals surface area contributed by atoms with Crippen LogP contribution in [0, 0.1) is 0 Å². The molecule has 1 amide bonds. The first-order valence-corrected chi connectivity index (χ1v) is 5.47. The van der Waals surface area contributed by atoms with Gasteiger partial charge in [-0.2, -0.15) is 10.2 Å². The molecule has 0 aromatic carbocycles. The molecule has 0 saturated heterocycles. The molecule has 0 fully saturated rings. The number of aryl methyl sites for hydroxylation is 1. The number of nitrogens with one attached hydrogen (secondary N) is 1. The number of rotatable bonds is 2. The largest absolute Gasteiger partial charge is 0.318 e. The summed E-state index contributed by atoms with van der Waals surface area (Å²) in [5.41, 5.74) is 1.92. The van der Waals surface area contributed by atoms with Gasteiger partial charge in [0.2, 0.25) is 0 Å². The summed E-state index contributed by atoms with van der Waals surface area (Å²) in [5.74, 6) is -0.244. The summed E-state index contributed by atoms with van der Waals surface area (Å²) in [5, 5.41) is 10.9. The molecule has 3 aromatic heterocycles. The van der Waals surface area contributed by atoms with Gasteiger partial charge in [-0.25, -0.2) is 4.52 Å². The molecule has 0 saturated carbocycles. The van der Waals surface area contributed by atoms with E-state index in [0.29, 0.717) is 11.4 Å².